The molecule has 3 atom stereocenters. The third-order valence-electron chi connectivity index (χ3n) is 2.51. The summed E-state index contributed by atoms with van der Waals surface area (Å²) in [6, 6.07) is 1.96. The number of hydrogen-bond acceptors (Lipinski definition) is 2. The number of nitrogens with zero attached hydrogens (tertiary/aromatic N) is 1. The number of halogens is 1. The normalized spacial score (nSPS) is 30.8. The van der Waals surface area contributed by atoms with E-state index in [1.54, 1.807) is 0 Å². The number of ether oxygens (including phenoxy) is 1. The van der Waals surface area contributed by atoms with Gasteiger partial charge in [0, 0.05) is 0 Å². The lowest BCUT2D eigenvalue weighted by molar-refractivity contribution is 0.0197. The molecule has 1 aliphatic carbocycles. The summed E-state index contributed by atoms with van der Waals surface area (Å²) in [4.78, 5) is 0. The van der Waals surface area contributed by atoms with Crippen molar-refractivity contribution in [3.63, 3.8) is 0 Å². The van der Waals surface area contributed by atoms with E-state index in [2.05, 4.69) is 6.92 Å². The van der Waals surface area contributed by atoms with Crippen LogP contribution in [0.25, 0.3) is 0 Å². The van der Waals surface area contributed by atoms with Crippen LogP contribution in [0.5, 0.6) is 0 Å². The van der Waals surface area contributed by atoms with Crippen molar-refractivity contribution in [2.24, 2.45) is 5.92 Å². The van der Waals surface area contributed by atoms with E-state index < -0.39 is 5.38 Å². The molecule has 0 heterocycles. The maximum absolute atomic E-state index is 8.45. The van der Waals surface area contributed by atoms with Crippen LogP contribution in [0.15, 0.2) is 0 Å². The van der Waals surface area contributed by atoms with Gasteiger partial charge in [-0.3, -0.25) is 0 Å². The van der Waals surface area contributed by atoms with Crippen LogP contribution in [0, 0.1) is 17.2 Å². The molecule has 3 heteroatoms. The zero-order chi connectivity index (χ0) is 9.68. The Morgan fingerprint density at radius 2 is 2.38 bits per heavy atom. The lowest BCUT2D eigenvalue weighted by Crippen LogP contribution is -2.24. The minimum absolute atomic E-state index is 0.332. The van der Waals surface area contributed by atoms with Gasteiger partial charge >= 0.3 is 0 Å². The fraction of sp³-hybridized carbons (Fsp3) is 0.900. The van der Waals surface area contributed by atoms with E-state index in [9.17, 15) is 0 Å². The third-order valence-corrected chi connectivity index (χ3v) is 2.73. The van der Waals surface area contributed by atoms with Crippen molar-refractivity contribution in [3.05, 3.63) is 0 Å². The summed E-state index contributed by atoms with van der Waals surface area (Å²) in [7, 11) is 0. The van der Waals surface area contributed by atoms with Crippen molar-refractivity contribution < 1.29 is 4.74 Å². The maximum atomic E-state index is 8.45. The molecule has 1 fully saturated rings. The first-order valence-corrected chi connectivity index (χ1v) is 5.31. The second kappa shape index (κ2) is 5.47. The van der Waals surface area contributed by atoms with Crippen molar-refractivity contribution in [3.8, 4) is 6.07 Å². The molecule has 0 radical (unpaired) electrons. The van der Waals surface area contributed by atoms with Crippen LogP contribution >= 0.6 is 11.6 Å². The van der Waals surface area contributed by atoms with E-state index in [1.807, 2.05) is 6.07 Å². The summed E-state index contributed by atoms with van der Waals surface area (Å²) < 4.78 is 5.55. The van der Waals surface area contributed by atoms with Gasteiger partial charge in [0.15, 0.2) is 0 Å². The van der Waals surface area contributed by atoms with Gasteiger partial charge in [0.25, 0.3) is 0 Å². The average molecular weight is 202 g/mol. The Kier molecular flexibility index (Phi) is 4.55. The molecule has 1 aliphatic rings. The van der Waals surface area contributed by atoms with Gasteiger partial charge in [-0.1, -0.05) is 19.8 Å². The van der Waals surface area contributed by atoms with Gasteiger partial charge in [0.2, 0.25) is 0 Å². The molecular weight excluding hydrogens is 186 g/mol. The number of hydrogen-bond donors (Lipinski definition) is 0. The highest BCUT2D eigenvalue weighted by Gasteiger charge is 2.19. The standard InChI is InChI=1S/C10H16ClNO/c1-8-3-2-4-10(5-8)13-7-9(11)6-12/h8-10H,2-5,7H2,1H3. The van der Waals surface area contributed by atoms with Gasteiger partial charge in [-0.2, -0.15) is 5.26 Å². The minimum Gasteiger partial charge on any atom is -0.376 e. The summed E-state index contributed by atoms with van der Waals surface area (Å²) in [5, 5.41) is 7.97. The van der Waals surface area contributed by atoms with Crippen molar-refractivity contribution in [2.75, 3.05) is 6.61 Å². The second-order valence-corrected chi connectivity index (χ2v) is 4.35. The van der Waals surface area contributed by atoms with Crippen LogP contribution in [0.2, 0.25) is 0 Å². The highest BCUT2D eigenvalue weighted by atomic mass is 35.5. The lowest BCUT2D eigenvalue weighted by Gasteiger charge is -2.26. The van der Waals surface area contributed by atoms with E-state index in [0.717, 1.165) is 18.8 Å². The van der Waals surface area contributed by atoms with Crippen molar-refractivity contribution in [2.45, 2.75) is 44.1 Å². The lowest BCUT2D eigenvalue weighted by atomic mass is 9.89. The molecule has 0 aromatic rings. The first-order valence-electron chi connectivity index (χ1n) is 4.87. The molecule has 2 nitrogen and oxygen atoms in total. The van der Waals surface area contributed by atoms with Crippen LogP contribution in [0.3, 0.4) is 0 Å². The monoisotopic (exact) mass is 201 g/mol. The first kappa shape index (κ1) is 10.8. The fourth-order valence-electron chi connectivity index (χ4n) is 1.79. The van der Waals surface area contributed by atoms with Gasteiger partial charge in [-0.05, 0) is 18.8 Å². The predicted octanol–water partition coefficient (Wildman–Crippen LogP) is 2.71. The topological polar surface area (TPSA) is 33.0 Å². The molecule has 3 unspecified atom stereocenters. The van der Waals surface area contributed by atoms with Crippen molar-refractivity contribution in [1.29, 1.82) is 5.26 Å². The zero-order valence-electron chi connectivity index (χ0n) is 8.00. The molecule has 0 aliphatic heterocycles. The molecule has 0 aromatic carbocycles. The van der Waals surface area contributed by atoms with E-state index >= 15 is 0 Å². The number of rotatable bonds is 3. The summed E-state index contributed by atoms with van der Waals surface area (Å²) in [6.45, 7) is 2.62. The highest BCUT2D eigenvalue weighted by Crippen LogP contribution is 2.25. The molecule has 13 heavy (non-hydrogen) atoms. The highest BCUT2D eigenvalue weighted by molar-refractivity contribution is 6.22. The molecule has 0 aromatic heterocycles. The minimum atomic E-state index is -0.489. The molecule has 0 N–H and O–H groups in total. The second-order valence-electron chi connectivity index (χ2n) is 3.82. The average Bonchev–Trinajstić information content (AvgIpc) is 2.14. The fourth-order valence-corrected chi connectivity index (χ4v) is 1.86. The summed E-state index contributed by atoms with van der Waals surface area (Å²) in [5.41, 5.74) is 0. The third kappa shape index (κ3) is 3.97. The van der Waals surface area contributed by atoms with Crippen LogP contribution in [-0.4, -0.2) is 18.1 Å². The van der Waals surface area contributed by atoms with E-state index in [-0.39, 0.29) is 0 Å². The van der Waals surface area contributed by atoms with E-state index in [4.69, 9.17) is 21.6 Å². The quantitative estimate of drug-likeness (QED) is 0.658. The van der Waals surface area contributed by atoms with Crippen molar-refractivity contribution >= 4 is 11.6 Å². The van der Waals surface area contributed by atoms with Crippen LogP contribution < -0.4 is 0 Å². The molecule has 0 amide bonds. The SMILES string of the molecule is CC1CCCC(OCC(Cl)C#N)C1. The molecule has 0 spiro atoms. The molecule has 0 saturated heterocycles. The Balaban J connectivity index is 2.17. The van der Waals surface area contributed by atoms with Crippen LogP contribution in [0.4, 0.5) is 0 Å². The van der Waals surface area contributed by atoms with Gasteiger partial charge in [-0.25, -0.2) is 0 Å². The first-order chi connectivity index (χ1) is 6.22. The Morgan fingerprint density at radius 1 is 1.62 bits per heavy atom. The molecular formula is C10H16ClNO. The summed E-state index contributed by atoms with van der Waals surface area (Å²) in [6.07, 6.45) is 5.13. The van der Waals surface area contributed by atoms with Crippen LogP contribution in [0.1, 0.15) is 32.6 Å². The Morgan fingerprint density at radius 3 is 3.00 bits per heavy atom. The number of alkyl halides is 1. The van der Waals surface area contributed by atoms with Crippen molar-refractivity contribution in [1.82, 2.24) is 0 Å². The summed E-state index contributed by atoms with van der Waals surface area (Å²) in [5.74, 6) is 0.759. The smallest absolute Gasteiger partial charge is 0.143 e. The maximum Gasteiger partial charge on any atom is 0.143 e. The van der Waals surface area contributed by atoms with Gasteiger partial charge < -0.3 is 4.74 Å². The molecule has 1 saturated carbocycles. The number of nitriles is 1. The molecule has 1 rings (SSSR count). The Bertz CT molecular complexity index is 190. The van der Waals surface area contributed by atoms with Gasteiger partial charge in [-0.15, -0.1) is 11.6 Å². The summed E-state index contributed by atoms with van der Waals surface area (Å²) >= 11 is 5.63. The largest absolute Gasteiger partial charge is 0.376 e. The van der Waals surface area contributed by atoms with E-state index in [0.29, 0.717) is 12.7 Å². The predicted molar refractivity (Wildman–Crippen MR) is 52.6 cm³/mol. The van der Waals surface area contributed by atoms with E-state index in [1.165, 1.54) is 12.8 Å². The van der Waals surface area contributed by atoms with Gasteiger partial charge in [0.05, 0.1) is 18.8 Å². The molecule has 74 valence electrons. The van der Waals surface area contributed by atoms with Gasteiger partial charge in [0.1, 0.15) is 5.38 Å². The molecule has 0 bridgehead atoms. The Hall–Kier alpha value is -0.260. The Labute approximate surface area is 84.8 Å². The zero-order valence-corrected chi connectivity index (χ0v) is 8.76. The van der Waals surface area contributed by atoms with Crippen LogP contribution in [-0.2, 0) is 4.74 Å².